The van der Waals surface area contributed by atoms with Crippen LogP contribution in [0.4, 0.5) is 0 Å². The lowest BCUT2D eigenvalue weighted by atomic mass is 10.1. The van der Waals surface area contributed by atoms with Crippen LogP contribution >= 0.6 is 34.5 Å². The number of rotatable bonds is 3. The van der Waals surface area contributed by atoms with E-state index in [0.29, 0.717) is 20.6 Å². The lowest BCUT2D eigenvalue weighted by Gasteiger charge is -1.97. The summed E-state index contributed by atoms with van der Waals surface area (Å²) >= 11 is 13.3. The molecule has 0 spiro atoms. The third kappa shape index (κ3) is 3.80. The molecule has 0 saturated carbocycles. The minimum atomic E-state index is 0.512. The molecule has 0 aliphatic heterocycles. The smallest absolute Gasteiger partial charge is 0.134 e. The summed E-state index contributed by atoms with van der Waals surface area (Å²) in [6.45, 7) is 0. The van der Waals surface area contributed by atoms with Crippen LogP contribution in [0.5, 0.6) is 0 Å². The highest BCUT2D eigenvalue weighted by Gasteiger charge is 2.09. The molecule has 0 N–H and O–H groups in total. The second-order valence-corrected chi connectivity index (χ2v) is 6.50. The second-order valence-electron chi connectivity index (χ2n) is 4.77. The number of allylic oxidation sites excluding steroid dienone is 1. The largest absolute Gasteiger partial charge is 0.235 e. The Morgan fingerprint density at radius 1 is 1.09 bits per heavy atom. The Labute approximate surface area is 148 Å². The fourth-order valence-corrected chi connectivity index (χ4v) is 3.17. The third-order valence-corrected chi connectivity index (χ3v) is 4.52. The topological polar surface area (TPSA) is 36.7 Å². The van der Waals surface area contributed by atoms with Crippen LogP contribution in [0.1, 0.15) is 10.6 Å². The first-order valence-electron chi connectivity index (χ1n) is 6.75. The van der Waals surface area contributed by atoms with Gasteiger partial charge in [-0.25, -0.2) is 4.98 Å². The van der Waals surface area contributed by atoms with Gasteiger partial charge in [0, 0.05) is 21.0 Å². The van der Waals surface area contributed by atoms with Gasteiger partial charge < -0.3 is 0 Å². The molecule has 3 rings (SSSR count). The zero-order valence-corrected chi connectivity index (χ0v) is 14.2. The van der Waals surface area contributed by atoms with Crippen molar-refractivity contribution >= 4 is 46.2 Å². The predicted octanol–water partition coefficient (Wildman–Crippen LogP) is 6.18. The number of nitriles is 1. The molecule has 0 fully saturated rings. The van der Waals surface area contributed by atoms with Crippen LogP contribution in [-0.2, 0) is 0 Å². The van der Waals surface area contributed by atoms with E-state index in [1.54, 1.807) is 12.1 Å². The molecule has 5 heteroatoms. The van der Waals surface area contributed by atoms with Gasteiger partial charge in [0.15, 0.2) is 0 Å². The number of nitrogens with zero attached hydrogens (tertiary/aromatic N) is 2. The van der Waals surface area contributed by atoms with Crippen LogP contribution in [0.15, 0.2) is 53.9 Å². The van der Waals surface area contributed by atoms with Gasteiger partial charge in [-0.3, -0.25) is 0 Å². The van der Waals surface area contributed by atoms with E-state index in [-0.39, 0.29) is 0 Å². The summed E-state index contributed by atoms with van der Waals surface area (Å²) < 4.78 is 0. The van der Waals surface area contributed by atoms with E-state index in [1.165, 1.54) is 11.3 Å². The highest BCUT2D eigenvalue weighted by molar-refractivity contribution is 7.11. The molecule has 0 bridgehead atoms. The van der Waals surface area contributed by atoms with Crippen molar-refractivity contribution in [1.82, 2.24) is 4.98 Å². The van der Waals surface area contributed by atoms with Crippen LogP contribution in [0.2, 0.25) is 10.0 Å². The summed E-state index contributed by atoms with van der Waals surface area (Å²) in [6, 6.07) is 17.0. The Morgan fingerprint density at radius 3 is 2.57 bits per heavy atom. The fourth-order valence-electron chi connectivity index (χ4n) is 2.06. The Kier molecular flexibility index (Phi) is 4.78. The maximum Gasteiger partial charge on any atom is 0.134 e. The van der Waals surface area contributed by atoms with Crippen LogP contribution < -0.4 is 0 Å². The summed E-state index contributed by atoms with van der Waals surface area (Å²) in [5, 5.41) is 13.4. The summed E-state index contributed by atoms with van der Waals surface area (Å²) in [7, 11) is 0. The van der Waals surface area contributed by atoms with Crippen molar-refractivity contribution in [3.63, 3.8) is 0 Å². The standard InChI is InChI=1S/C18H10Cl2N2S/c19-15-6-4-13(5-7-15)17-11-23-18(22-17)14(10-21)8-12-2-1-3-16(20)9-12/h1-9,11H. The van der Waals surface area contributed by atoms with Gasteiger partial charge in [0.25, 0.3) is 0 Å². The van der Waals surface area contributed by atoms with E-state index in [2.05, 4.69) is 11.1 Å². The van der Waals surface area contributed by atoms with Crippen LogP contribution in [0, 0.1) is 11.3 Å². The molecule has 0 saturated heterocycles. The van der Waals surface area contributed by atoms with Crippen LogP contribution in [0.3, 0.4) is 0 Å². The van der Waals surface area contributed by atoms with E-state index in [9.17, 15) is 5.26 Å². The van der Waals surface area contributed by atoms with Crippen LogP contribution in [-0.4, -0.2) is 4.98 Å². The number of thiazole rings is 1. The number of benzene rings is 2. The first-order chi connectivity index (χ1) is 11.2. The molecule has 23 heavy (non-hydrogen) atoms. The van der Waals surface area contributed by atoms with Gasteiger partial charge in [-0.1, -0.05) is 47.5 Å². The molecule has 2 aromatic carbocycles. The van der Waals surface area contributed by atoms with Crippen molar-refractivity contribution in [2.45, 2.75) is 0 Å². The maximum absolute atomic E-state index is 9.42. The van der Waals surface area contributed by atoms with E-state index < -0.39 is 0 Å². The van der Waals surface area contributed by atoms with Crippen molar-refractivity contribution < 1.29 is 0 Å². The molecular weight excluding hydrogens is 347 g/mol. The summed E-state index contributed by atoms with van der Waals surface area (Å²) in [5.74, 6) is 0. The SMILES string of the molecule is N#CC(=Cc1cccc(Cl)c1)c1nc(-c2ccc(Cl)cc2)cs1. The number of aromatic nitrogens is 1. The molecule has 1 aromatic heterocycles. The van der Waals surface area contributed by atoms with E-state index >= 15 is 0 Å². The molecule has 0 radical (unpaired) electrons. The normalized spacial score (nSPS) is 11.3. The average Bonchev–Trinajstić information content (AvgIpc) is 3.03. The monoisotopic (exact) mass is 356 g/mol. The third-order valence-electron chi connectivity index (χ3n) is 3.15. The lowest BCUT2D eigenvalue weighted by molar-refractivity contribution is 1.37. The number of hydrogen-bond donors (Lipinski definition) is 0. The van der Waals surface area contributed by atoms with E-state index in [0.717, 1.165) is 16.8 Å². The van der Waals surface area contributed by atoms with Gasteiger partial charge in [0.1, 0.15) is 11.1 Å². The van der Waals surface area contributed by atoms with Gasteiger partial charge in [-0.15, -0.1) is 11.3 Å². The molecule has 3 aromatic rings. The van der Waals surface area contributed by atoms with Crippen molar-refractivity contribution in [3.8, 4) is 17.3 Å². The van der Waals surface area contributed by atoms with E-state index in [4.69, 9.17) is 23.2 Å². The Hall–Kier alpha value is -2.12. The van der Waals surface area contributed by atoms with Gasteiger partial charge in [0.2, 0.25) is 0 Å². The highest BCUT2D eigenvalue weighted by Crippen LogP contribution is 2.28. The molecule has 2 nitrogen and oxygen atoms in total. The zero-order chi connectivity index (χ0) is 16.2. The molecule has 0 unspecified atom stereocenters. The highest BCUT2D eigenvalue weighted by atomic mass is 35.5. The minimum absolute atomic E-state index is 0.512. The Bertz CT molecular complexity index is 905. The quantitative estimate of drug-likeness (QED) is 0.525. The van der Waals surface area contributed by atoms with Gasteiger partial charge in [-0.05, 0) is 35.9 Å². The first kappa shape index (κ1) is 15.8. The molecule has 0 aliphatic carbocycles. The molecule has 0 atom stereocenters. The van der Waals surface area contributed by atoms with Gasteiger partial charge >= 0.3 is 0 Å². The zero-order valence-electron chi connectivity index (χ0n) is 11.8. The average molecular weight is 357 g/mol. The molecule has 0 amide bonds. The maximum atomic E-state index is 9.42. The predicted molar refractivity (Wildman–Crippen MR) is 97.5 cm³/mol. The summed E-state index contributed by atoms with van der Waals surface area (Å²) in [6.07, 6.45) is 1.79. The van der Waals surface area contributed by atoms with Gasteiger partial charge in [0.05, 0.1) is 11.3 Å². The van der Waals surface area contributed by atoms with Crippen molar-refractivity contribution in [3.05, 3.63) is 74.5 Å². The second kappa shape index (κ2) is 6.97. The Morgan fingerprint density at radius 2 is 1.87 bits per heavy atom. The first-order valence-corrected chi connectivity index (χ1v) is 8.38. The van der Waals surface area contributed by atoms with Crippen LogP contribution in [0.25, 0.3) is 22.9 Å². The molecule has 112 valence electrons. The molecule has 0 aliphatic rings. The number of hydrogen-bond acceptors (Lipinski definition) is 3. The summed E-state index contributed by atoms with van der Waals surface area (Å²) in [4.78, 5) is 4.55. The Balaban J connectivity index is 1.94. The van der Waals surface area contributed by atoms with Crippen molar-refractivity contribution in [2.75, 3.05) is 0 Å². The van der Waals surface area contributed by atoms with Crippen molar-refractivity contribution in [2.24, 2.45) is 0 Å². The minimum Gasteiger partial charge on any atom is -0.235 e. The molecular formula is C18H10Cl2N2S. The number of halogens is 2. The van der Waals surface area contributed by atoms with Gasteiger partial charge in [-0.2, -0.15) is 5.26 Å². The van der Waals surface area contributed by atoms with E-state index in [1.807, 2.05) is 47.8 Å². The summed E-state index contributed by atoms with van der Waals surface area (Å²) in [5.41, 5.74) is 3.18. The fraction of sp³-hybridized carbons (Fsp3) is 0. The molecule has 1 heterocycles. The lowest BCUT2D eigenvalue weighted by Crippen LogP contribution is -1.83. The van der Waals surface area contributed by atoms with Crippen molar-refractivity contribution in [1.29, 1.82) is 5.26 Å².